The normalized spacial score (nSPS) is 11.9. The van der Waals surface area contributed by atoms with E-state index in [2.05, 4.69) is 21.2 Å². The molecule has 10 heteroatoms. The van der Waals surface area contributed by atoms with E-state index < -0.39 is 28.5 Å². The molecule has 0 saturated heterocycles. The summed E-state index contributed by atoms with van der Waals surface area (Å²) >= 11 is 3.43. The van der Waals surface area contributed by atoms with Gasteiger partial charge in [-0.25, -0.2) is 8.42 Å². The molecule has 0 spiro atoms. The van der Waals surface area contributed by atoms with Crippen molar-refractivity contribution < 1.29 is 22.7 Å². The number of carbonyl (C=O) groups excluding carboxylic acids is 2. The Balaban J connectivity index is 2.07. The number of carbonyl (C=O) groups is 2. The molecule has 0 aliphatic heterocycles. The smallest absolute Gasteiger partial charge is 0.264 e. The van der Waals surface area contributed by atoms with Crippen molar-refractivity contribution in [1.29, 1.82) is 0 Å². The first-order chi connectivity index (χ1) is 17.7. The van der Waals surface area contributed by atoms with Crippen molar-refractivity contribution >= 4 is 43.5 Å². The number of benzene rings is 3. The molecule has 0 aromatic heterocycles. The van der Waals surface area contributed by atoms with E-state index in [1.807, 2.05) is 24.3 Å². The van der Waals surface area contributed by atoms with Crippen molar-refractivity contribution in [2.24, 2.45) is 0 Å². The minimum absolute atomic E-state index is 0.0343. The molecular formula is C27H30BrN3O5S. The van der Waals surface area contributed by atoms with Crippen LogP contribution in [0.4, 0.5) is 5.69 Å². The van der Waals surface area contributed by atoms with Crippen LogP contribution in [0.3, 0.4) is 0 Å². The number of hydrogen-bond acceptors (Lipinski definition) is 5. The van der Waals surface area contributed by atoms with Crippen molar-refractivity contribution in [2.45, 2.75) is 31.3 Å². The van der Waals surface area contributed by atoms with E-state index in [4.69, 9.17) is 4.74 Å². The zero-order chi connectivity index (χ0) is 27.0. The van der Waals surface area contributed by atoms with E-state index in [0.29, 0.717) is 12.4 Å². The first kappa shape index (κ1) is 28.2. The lowest BCUT2D eigenvalue weighted by molar-refractivity contribution is -0.139. The molecule has 2 amide bonds. The van der Waals surface area contributed by atoms with Gasteiger partial charge in [-0.2, -0.15) is 0 Å². The topological polar surface area (TPSA) is 96.0 Å². The second kappa shape index (κ2) is 12.7. The van der Waals surface area contributed by atoms with Gasteiger partial charge in [0.25, 0.3) is 10.0 Å². The predicted octanol–water partition coefficient (Wildman–Crippen LogP) is 4.21. The summed E-state index contributed by atoms with van der Waals surface area (Å²) in [5.74, 6) is -0.576. The molecule has 0 aliphatic rings. The highest BCUT2D eigenvalue weighted by atomic mass is 79.9. The van der Waals surface area contributed by atoms with Gasteiger partial charge in [-0.15, -0.1) is 0 Å². The number of hydrogen-bond donors (Lipinski definition) is 1. The highest BCUT2D eigenvalue weighted by Gasteiger charge is 2.33. The average molecular weight is 589 g/mol. The van der Waals surface area contributed by atoms with Gasteiger partial charge in [-0.05, 0) is 55.8 Å². The van der Waals surface area contributed by atoms with Gasteiger partial charge in [0.2, 0.25) is 11.8 Å². The molecule has 0 fully saturated rings. The molecular weight excluding hydrogens is 558 g/mol. The number of anilines is 1. The van der Waals surface area contributed by atoms with E-state index in [1.54, 1.807) is 56.3 Å². The van der Waals surface area contributed by atoms with E-state index in [9.17, 15) is 18.0 Å². The maximum absolute atomic E-state index is 13.8. The van der Waals surface area contributed by atoms with Gasteiger partial charge in [0, 0.05) is 18.1 Å². The van der Waals surface area contributed by atoms with Gasteiger partial charge < -0.3 is 15.0 Å². The molecule has 3 aromatic carbocycles. The summed E-state index contributed by atoms with van der Waals surface area (Å²) < 4.78 is 35.2. The Kier molecular flexibility index (Phi) is 9.71. The van der Waals surface area contributed by atoms with Crippen LogP contribution < -0.4 is 14.4 Å². The van der Waals surface area contributed by atoms with Crippen molar-refractivity contribution in [3.63, 3.8) is 0 Å². The highest BCUT2D eigenvalue weighted by Crippen LogP contribution is 2.32. The first-order valence-corrected chi connectivity index (χ1v) is 14.0. The van der Waals surface area contributed by atoms with Crippen LogP contribution in [-0.2, 0) is 26.2 Å². The third kappa shape index (κ3) is 6.90. The summed E-state index contributed by atoms with van der Waals surface area (Å²) in [4.78, 5) is 27.8. The number of nitrogens with one attached hydrogen (secondary N) is 1. The number of ether oxygens (including phenoxy) is 1. The zero-order valence-electron chi connectivity index (χ0n) is 20.9. The van der Waals surface area contributed by atoms with Crippen molar-refractivity contribution in [1.82, 2.24) is 10.2 Å². The van der Waals surface area contributed by atoms with Crippen LogP contribution in [0.25, 0.3) is 0 Å². The number of halogens is 1. The second-order valence-electron chi connectivity index (χ2n) is 8.17. The Hall–Kier alpha value is -3.37. The summed E-state index contributed by atoms with van der Waals surface area (Å²) in [6.07, 6.45) is 0. The third-order valence-electron chi connectivity index (χ3n) is 5.70. The fourth-order valence-electron chi connectivity index (χ4n) is 3.80. The minimum Gasteiger partial charge on any atom is -0.492 e. The van der Waals surface area contributed by atoms with Gasteiger partial charge >= 0.3 is 0 Å². The summed E-state index contributed by atoms with van der Waals surface area (Å²) in [5, 5.41) is 2.57. The molecule has 8 nitrogen and oxygen atoms in total. The summed E-state index contributed by atoms with van der Waals surface area (Å²) in [6, 6.07) is 21.1. The summed E-state index contributed by atoms with van der Waals surface area (Å²) in [6.45, 7) is 3.30. The van der Waals surface area contributed by atoms with Crippen LogP contribution in [0.1, 0.15) is 19.4 Å². The van der Waals surface area contributed by atoms with Crippen molar-refractivity contribution in [3.05, 3.63) is 88.9 Å². The molecule has 0 heterocycles. The Bertz CT molecular complexity index is 1330. The fraction of sp³-hybridized carbons (Fsp3) is 0.259. The molecule has 1 unspecified atom stereocenters. The maximum atomic E-state index is 13.8. The summed E-state index contributed by atoms with van der Waals surface area (Å²) in [5.41, 5.74) is 1.02. The third-order valence-corrected chi connectivity index (χ3v) is 7.97. The SMILES string of the molecule is CCOc1ccccc1N(CC(=O)N(Cc1cccc(Br)c1)C(C)C(=O)NC)S(=O)(=O)c1ccccc1. The lowest BCUT2D eigenvalue weighted by atomic mass is 10.1. The first-order valence-electron chi connectivity index (χ1n) is 11.7. The monoisotopic (exact) mass is 587 g/mol. The number of para-hydroxylation sites is 2. The fourth-order valence-corrected chi connectivity index (χ4v) is 5.69. The molecule has 1 atom stereocenters. The number of amides is 2. The molecule has 196 valence electrons. The molecule has 1 N–H and O–H groups in total. The predicted molar refractivity (Wildman–Crippen MR) is 147 cm³/mol. The van der Waals surface area contributed by atoms with E-state index >= 15 is 0 Å². The van der Waals surface area contributed by atoms with Gasteiger partial charge in [-0.3, -0.25) is 13.9 Å². The molecule has 0 radical (unpaired) electrons. The molecule has 0 saturated carbocycles. The number of sulfonamides is 1. The van der Waals surface area contributed by atoms with Crippen LogP contribution in [-0.4, -0.2) is 51.4 Å². The van der Waals surface area contributed by atoms with Crippen LogP contribution in [0.15, 0.2) is 88.2 Å². The van der Waals surface area contributed by atoms with Crippen LogP contribution in [0.5, 0.6) is 5.75 Å². The van der Waals surface area contributed by atoms with Gasteiger partial charge in [0.15, 0.2) is 0 Å². The van der Waals surface area contributed by atoms with Crippen molar-refractivity contribution in [2.75, 3.05) is 24.5 Å². The largest absolute Gasteiger partial charge is 0.492 e. The minimum atomic E-state index is -4.16. The van der Waals surface area contributed by atoms with Crippen LogP contribution >= 0.6 is 15.9 Å². The average Bonchev–Trinajstić information content (AvgIpc) is 2.90. The zero-order valence-corrected chi connectivity index (χ0v) is 23.3. The van der Waals surface area contributed by atoms with E-state index in [-0.39, 0.29) is 23.0 Å². The van der Waals surface area contributed by atoms with Gasteiger partial charge in [0.05, 0.1) is 17.2 Å². The number of nitrogens with zero attached hydrogens (tertiary/aromatic N) is 2. The summed E-state index contributed by atoms with van der Waals surface area (Å²) in [7, 11) is -2.67. The Morgan fingerprint density at radius 2 is 1.68 bits per heavy atom. The van der Waals surface area contributed by atoms with Crippen LogP contribution in [0.2, 0.25) is 0 Å². The second-order valence-corrected chi connectivity index (χ2v) is 10.9. The maximum Gasteiger partial charge on any atom is 0.264 e. The molecule has 3 aromatic rings. The number of likely N-dealkylation sites (N-methyl/N-ethyl adjacent to an activating group) is 1. The van der Waals surface area contributed by atoms with E-state index in [0.717, 1.165) is 14.3 Å². The molecule has 37 heavy (non-hydrogen) atoms. The molecule has 0 bridgehead atoms. The van der Waals surface area contributed by atoms with Gasteiger partial charge in [0.1, 0.15) is 18.3 Å². The highest BCUT2D eigenvalue weighted by molar-refractivity contribution is 9.10. The Morgan fingerprint density at radius 3 is 2.32 bits per heavy atom. The molecule has 3 rings (SSSR count). The van der Waals surface area contributed by atoms with Crippen molar-refractivity contribution in [3.8, 4) is 5.75 Å². The lowest BCUT2D eigenvalue weighted by Gasteiger charge is -2.32. The standard InChI is InChI=1S/C27H30BrN3O5S/c1-4-36-25-16-9-8-15-24(25)31(37(34,35)23-13-6-5-7-14-23)19-26(32)30(20(2)27(33)29-3)18-21-11-10-12-22(28)17-21/h5-17,20H,4,18-19H2,1-3H3,(H,29,33). The lowest BCUT2D eigenvalue weighted by Crippen LogP contribution is -2.50. The molecule has 0 aliphatic carbocycles. The Morgan fingerprint density at radius 1 is 1.00 bits per heavy atom. The quantitative estimate of drug-likeness (QED) is 0.362. The van der Waals surface area contributed by atoms with Gasteiger partial charge in [-0.1, -0.05) is 58.4 Å². The van der Waals surface area contributed by atoms with Crippen LogP contribution in [0, 0.1) is 0 Å². The number of rotatable bonds is 11. The Labute approximate surface area is 226 Å². The van der Waals surface area contributed by atoms with E-state index in [1.165, 1.54) is 24.1 Å².